The van der Waals surface area contributed by atoms with E-state index in [4.69, 9.17) is 18.9 Å². The molecule has 0 saturated carbocycles. The molecule has 10 nitrogen and oxygen atoms in total. The number of nitrogens with zero attached hydrogens (tertiary/aromatic N) is 2. The number of hydrogen-bond donors (Lipinski definition) is 1. The molecule has 0 spiro atoms. The van der Waals surface area contributed by atoms with Crippen LogP contribution in [0.3, 0.4) is 0 Å². The second kappa shape index (κ2) is 11.7. The van der Waals surface area contributed by atoms with Crippen LogP contribution in [0.25, 0.3) is 0 Å². The predicted octanol–water partition coefficient (Wildman–Crippen LogP) is 2.45. The van der Waals surface area contributed by atoms with Crippen LogP contribution in [-0.4, -0.2) is 83.1 Å². The first-order valence-electron chi connectivity index (χ1n) is 11.5. The molecule has 1 fully saturated rings. The number of ether oxygens (including phenoxy) is 4. The highest BCUT2D eigenvalue weighted by atomic mass is 16.5. The Morgan fingerprint density at radius 2 is 1.56 bits per heavy atom. The van der Waals surface area contributed by atoms with Gasteiger partial charge >= 0.3 is 0 Å². The van der Waals surface area contributed by atoms with E-state index in [-0.39, 0.29) is 29.7 Å². The lowest BCUT2D eigenvalue weighted by molar-refractivity contribution is -0.128. The van der Waals surface area contributed by atoms with Crippen LogP contribution >= 0.6 is 0 Å². The number of methoxy groups -OCH3 is 4. The monoisotopic (exact) mass is 499 g/mol. The molecule has 1 saturated heterocycles. The number of hydrogen-bond acceptors (Lipinski definition) is 7. The molecule has 3 rings (SSSR count). The van der Waals surface area contributed by atoms with Crippen LogP contribution in [0.1, 0.15) is 22.3 Å². The maximum atomic E-state index is 13.1. The summed E-state index contributed by atoms with van der Waals surface area (Å²) in [7, 11) is 9.34. The molecule has 3 amide bonds. The maximum absolute atomic E-state index is 13.1. The van der Waals surface area contributed by atoms with E-state index in [1.807, 2.05) is 18.2 Å². The summed E-state index contributed by atoms with van der Waals surface area (Å²) in [6, 6.07) is 8.72. The third-order valence-electron chi connectivity index (χ3n) is 6.12. The fourth-order valence-corrected chi connectivity index (χ4v) is 4.10. The zero-order chi connectivity index (χ0) is 26.4. The van der Waals surface area contributed by atoms with E-state index in [0.717, 1.165) is 5.56 Å². The number of nitrogens with one attached hydrogen (secondary N) is 1. The molecule has 2 aromatic carbocycles. The molecule has 0 radical (unpaired) electrons. The zero-order valence-corrected chi connectivity index (χ0v) is 21.5. The Morgan fingerprint density at radius 3 is 2.17 bits per heavy atom. The van der Waals surface area contributed by atoms with Crippen molar-refractivity contribution >= 4 is 23.4 Å². The highest BCUT2D eigenvalue weighted by Crippen LogP contribution is 2.34. The van der Waals surface area contributed by atoms with Gasteiger partial charge in [-0.2, -0.15) is 0 Å². The Bertz CT molecular complexity index is 1130. The van der Waals surface area contributed by atoms with Crippen LogP contribution in [0.15, 0.2) is 30.3 Å². The van der Waals surface area contributed by atoms with Crippen molar-refractivity contribution in [3.05, 3.63) is 41.5 Å². The minimum absolute atomic E-state index is 0.0903. The summed E-state index contributed by atoms with van der Waals surface area (Å²) in [4.78, 5) is 41.6. The zero-order valence-electron chi connectivity index (χ0n) is 21.5. The fraction of sp³-hybridized carbons (Fsp3) is 0.423. The Hall–Kier alpha value is -3.95. The minimum atomic E-state index is -0.543. The quantitative estimate of drug-likeness (QED) is 0.535. The first kappa shape index (κ1) is 26.7. The van der Waals surface area contributed by atoms with Gasteiger partial charge in [-0.05, 0) is 30.2 Å². The van der Waals surface area contributed by atoms with Gasteiger partial charge in [0.15, 0.2) is 23.0 Å². The first-order chi connectivity index (χ1) is 17.2. The van der Waals surface area contributed by atoms with Gasteiger partial charge in [-0.1, -0.05) is 6.07 Å². The number of carbonyl (C=O) groups is 3. The average Bonchev–Trinajstić information content (AvgIpc) is 3.26. The molecule has 10 heteroatoms. The van der Waals surface area contributed by atoms with Crippen LogP contribution < -0.4 is 24.3 Å². The summed E-state index contributed by atoms with van der Waals surface area (Å²) in [6.07, 6.45) is 0.708. The van der Waals surface area contributed by atoms with Crippen LogP contribution in [0.5, 0.6) is 23.0 Å². The van der Waals surface area contributed by atoms with Crippen molar-refractivity contribution in [3.8, 4) is 23.0 Å². The van der Waals surface area contributed by atoms with E-state index in [1.54, 1.807) is 39.3 Å². The van der Waals surface area contributed by atoms with Gasteiger partial charge < -0.3 is 34.1 Å². The second-order valence-electron chi connectivity index (χ2n) is 8.62. The maximum Gasteiger partial charge on any atom is 0.255 e. The number of benzene rings is 2. The van der Waals surface area contributed by atoms with Gasteiger partial charge in [-0.15, -0.1) is 0 Å². The second-order valence-corrected chi connectivity index (χ2v) is 8.62. The van der Waals surface area contributed by atoms with Gasteiger partial charge in [0.05, 0.1) is 45.6 Å². The fourth-order valence-electron chi connectivity index (χ4n) is 4.10. The number of anilines is 1. The molecule has 1 aliphatic heterocycles. The van der Waals surface area contributed by atoms with Gasteiger partial charge in [0, 0.05) is 39.7 Å². The molecule has 1 atom stereocenters. The third-order valence-corrected chi connectivity index (χ3v) is 6.12. The normalized spacial score (nSPS) is 14.9. The highest BCUT2D eigenvalue weighted by molar-refractivity contribution is 6.05. The molecule has 36 heavy (non-hydrogen) atoms. The molecule has 0 aromatic heterocycles. The van der Waals surface area contributed by atoms with Crippen LogP contribution in [0.2, 0.25) is 0 Å². The largest absolute Gasteiger partial charge is 0.493 e. The van der Waals surface area contributed by atoms with Crippen molar-refractivity contribution in [1.82, 2.24) is 9.80 Å². The smallest absolute Gasteiger partial charge is 0.255 e. The van der Waals surface area contributed by atoms with Crippen molar-refractivity contribution < 1.29 is 33.3 Å². The van der Waals surface area contributed by atoms with Gasteiger partial charge in [-0.3, -0.25) is 14.4 Å². The van der Waals surface area contributed by atoms with Gasteiger partial charge in [0.1, 0.15) is 0 Å². The number of likely N-dealkylation sites (tertiary alicyclic amines) is 1. The predicted molar refractivity (Wildman–Crippen MR) is 134 cm³/mol. The summed E-state index contributed by atoms with van der Waals surface area (Å²) >= 11 is 0. The lowest BCUT2D eigenvalue weighted by Crippen LogP contribution is -2.30. The third kappa shape index (κ3) is 5.81. The Labute approximate surface area is 211 Å². The van der Waals surface area contributed by atoms with E-state index in [9.17, 15) is 14.4 Å². The Morgan fingerprint density at radius 1 is 0.944 bits per heavy atom. The van der Waals surface area contributed by atoms with E-state index in [1.165, 1.54) is 25.2 Å². The summed E-state index contributed by atoms with van der Waals surface area (Å²) in [5.74, 6) is 0.740. The van der Waals surface area contributed by atoms with Crippen molar-refractivity contribution in [2.75, 3.05) is 60.9 Å². The molecular weight excluding hydrogens is 466 g/mol. The van der Waals surface area contributed by atoms with E-state index < -0.39 is 5.92 Å². The molecule has 0 aliphatic carbocycles. The average molecular weight is 500 g/mol. The summed E-state index contributed by atoms with van der Waals surface area (Å²) in [5, 5.41) is 2.83. The van der Waals surface area contributed by atoms with E-state index in [2.05, 4.69) is 5.32 Å². The Balaban J connectivity index is 1.71. The lowest BCUT2D eigenvalue weighted by atomic mass is 10.1. The summed E-state index contributed by atoms with van der Waals surface area (Å²) in [5.41, 5.74) is 1.55. The molecule has 2 aromatic rings. The standard InChI is InChI=1S/C26H33N3O7/c1-28(2)26(32)18-13-22(35-5)23(36-6)14-19(18)27-25(31)17-12-24(30)29(15-17)10-9-16-7-8-20(33-3)21(11-16)34-4/h7-8,11,13-14,17H,9-10,12,15H2,1-6H3,(H,27,31). The number of rotatable bonds is 10. The van der Waals surface area contributed by atoms with Crippen LogP contribution in [0.4, 0.5) is 5.69 Å². The SMILES string of the molecule is COc1ccc(CCN2CC(C(=O)Nc3cc(OC)c(OC)cc3C(=O)N(C)C)CC2=O)cc1OC. The van der Waals surface area contributed by atoms with Crippen LogP contribution in [-0.2, 0) is 16.0 Å². The van der Waals surface area contributed by atoms with Crippen molar-refractivity contribution in [2.24, 2.45) is 5.92 Å². The van der Waals surface area contributed by atoms with E-state index >= 15 is 0 Å². The molecule has 1 N–H and O–H groups in total. The molecule has 0 bridgehead atoms. The summed E-state index contributed by atoms with van der Waals surface area (Å²) < 4.78 is 21.3. The molecule has 1 heterocycles. The van der Waals surface area contributed by atoms with Gasteiger partial charge in [0.25, 0.3) is 5.91 Å². The van der Waals surface area contributed by atoms with E-state index in [0.29, 0.717) is 48.2 Å². The molecule has 194 valence electrons. The molecular formula is C26H33N3O7. The van der Waals surface area contributed by atoms with Crippen molar-refractivity contribution in [3.63, 3.8) is 0 Å². The number of carbonyl (C=O) groups excluding carboxylic acids is 3. The van der Waals surface area contributed by atoms with Crippen molar-refractivity contribution in [2.45, 2.75) is 12.8 Å². The van der Waals surface area contributed by atoms with Crippen LogP contribution in [0, 0.1) is 5.92 Å². The summed E-state index contributed by atoms with van der Waals surface area (Å²) in [6.45, 7) is 0.765. The Kier molecular flexibility index (Phi) is 8.63. The van der Waals surface area contributed by atoms with Crippen molar-refractivity contribution in [1.29, 1.82) is 0 Å². The molecule has 1 aliphatic rings. The minimum Gasteiger partial charge on any atom is -0.493 e. The lowest BCUT2D eigenvalue weighted by Gasteiger charge is -2.19. The van der Waals surface area contributed by atoms with Gasteiger partial charge in [-0.25, -0.2) is 0 Å². The highest BCUT2D eigenvalue weighted by Gasteiger charge is 2.34. The number of amides is 3. The molecule has 1 unspecified atom stereocenters. The first-order valence-corrected chi connectivity index (χ1v) is 11.5. The van der Waals surface area contributed by atoms with Gasteiger partial charge in [0.2, 0.25) is 11.8 Å². The topological polar surface area (TPSA) is 107 Å².